The van der Waals surface area contributed by atoms with Crippen molar-refractivity contribution in [1.29, 1.82) is 0 Å². The Balaban J connectivity index is 2.11. The van der Waals surface area contributed by atoms with E-state index in [0.717, 1.165) is 0 Å². The maximum Gasteiger partial charge on any atom is 0.251 e. The van der Waals surface area contributed by atoms with Crippen LogP contribution in [0.5, 0.6) is 11.5 Å². The summed E-state index contributed by atoms with van der Waals surface area (Å²) in [5.74, 6) is 0.337. The van der Waals surface area contributed by atoms with Crippen molar-refractivity contribution in [2.24, 2.45) is 0 Å². The van der Waals surface area contributed by atoms with Gasteiger partial charge in [0.1, 0.15) is 5.82 Å². The Morgan fingerprint density at radius 2 is 1.73 bits per heavy atom. The highest BCUT2D eigenvalue weighted by atomic mass is 35.5. The zero-order chi connectivity index (χ0) is 16.1. The standard InChI is InChI=1S/C16H15ClFNO3/c1-21-14-7-11(13(17)8-15(14)22-2)9-19-16(20)10-3-5-12(18)6-4-10/h3-8H,9H2,1-2H3,(H,19,20). The van der Waals surface area contributed by atoms with Crippen LogP contribution in [0, 0.1) is 5.82 Å². The molecule has 0 spiro atoms. The SMILES string of the molecule is COc1cc(Cl)c(CNC(=O)c2ccc(F)cc2)cc1OC. The molecule has 0 aliphatic heterocycles. The first kappa shape index (κ1) is 16.1. The van der Waals surface area contributed by atoms with Crippen molar-refractivity contribution < 1.29 is 18.7 Å². The molecule has 4 nitrogen and oxygen atoms in total. The Bertz CT molecular complexity index is 674. The Kier molecular flexibility index (Phi) is 5.22. The fourth-order valence-electron chi connectivity index (χ4n) is 1.91. The van der Waals surface area contributed by atoms with E-state index in [-0.39, 0.29) is 18.3 Å². The second-order valence-electron chi connectivity index (χ2n) is 4.49. The molecule has 0 atom stereocenters. The minimum Gasteiger partial charge on any atom is -0.493 e. The molecule has 2 aromatic carbocycles. The first-order valence-corrected chi connectivity index (χ1v) is 6.87. The summed E-state index contributed by atoms with van der Waals surface area (Å²) >= 11 is 6.15. The molecule has 1 N–H and O–H groups in total. The predicted molar refractivity (Wildman–Crippen MR) is 82.1 cm³/mol. The van der Waals surface area contributed by atoms with Crippen LogP contribution in [0.4, 0.5) is 4.39 Å². The fourth-order valence-corrected chi connectivity index (χ4v) is 2.13. The van der Waals surface area contributed by atoms with Gasteiger partial charge >= 0.3 is 0 Å². The third kappa shape index (κ3) is 3.68. The van der Waals surface area contributed by atoms with Gasteiger partial charge in [0.2, 0.25) is 0 Å². The number of hydrogen-bond acceptors (Lipinski definition) is 3. The number of hydrogen-bond donors (Lipinski definition) is 1. The van der Waals surface area contributed by atoms with Crippen molar-refractivity contribution in [3.8, 4) is 11.5 Å². The summed E-state index contributed by atoms with van der Waals surface area (Å²) in [7, 11) is 3.04. The van der Waals surface area contributed by atoms with Gasteiger partial charge in [0, 0.05) is 23.2 Å². The largest absolute Gasteiger partial charge is 0.493 e. The van der Waals surface area contributed by atoms with Gasteiger partial charge in [0.15, 0.2) is 11.5 Å². The van der Waals surface area contributed by atoms with Crippen LogP contribution in [0.1, 0.15) is 15.9 Å². The quantitative estimate of drug-likeness (QED) is 0.917. The van der Waals surface area contributed by atoms with Crippen LogP contribution >= 0.6 is 11.6 Å². The number of carbonyl (C=O) groups is 1. The lowest BCUT2D eigenvalue weighted by molar-refractivity contribution is 0.0951. The van der Waals surface area contributed by atoms with Crippen LogP contribution in [-0.2, 0) is 6.54 Å². The molecule has 0 unspecified atom stereocenters. The van der Waals surface area contributed by atoms with E-state index < -0.39 is 0 Å². The second kappa shape index (κ2) is 7.13. The molecule has 0 heterocycles. The van der Waals surface area contributed by atoms with E-state index in [9.17, 15) is 9.18 Å². The maximum atomic E-state index is 12.8. The minimum absolute atomic E-state index is 0.218. The van der Waals surface area contributed by atoms with Crippen LogP contribution in [0.25, 0.3) is 0 Å². The number of ether oxygens (including phenoxy) is 2. The number of nitrogens with one attached hydrogen (secondary N) is 1. The number of benzene rings is 2. The summed E-state index contributed by atoms with van der Waals surface area (Å²) in [6, 6.07) is 8.63. The first-order chi connectivity index (χ1) is 10.5. The fraction of sp³-hybridized carbons (Fsp3) is 0.188. The van der Waals surface area contributed by atoms with Crippen LogP contribution in [0.3, 0.4) is 0 Å². The lowest BCUT2D eigenvalue weighted by atomic mass is 10.1. The average Bonchev–Trinajstić information content (AvgIpc) is 2.53. The third-order valence-electron chi connectivity index (χ3n) is 3.10. The molecule has 0 saturated heterocycles. The van der Waals surface area contributed by atoms with E-state index in [4.69, 9.17) is 21.1 Å². The van der Waals surface area contributed by atoms with Crippen molar-refractivity contribution in [2.75, 3.05) is 14.2 Å². The zero-order valence-corrected chi connectivity index (χ0v) is 12.9. The Hall–Kier alpha value is -2.27. The smallest absolute Gasteiger partial charge is 0.251 e. The number of carbonyl (C=O) groups excluding carboxylic acids is 1. The molecule has 0 fully saturated rings. The summed E-state index contributed by atoms with van der Waals surface area (Å²) < 4.78 is 23.2. The Labute approximate surface area is 132 Å². The third-order valence-corrected chi connectivity index (χ3v) is 3.45. The molecule has 0 saturated carbocycles. The topological polar surface area (TPSA) is 47.6 Å². The van der Waals surface area contributed by atoms with Gasteiger partial charge in [0.25, 0.3) is 5.91 Å². The molecule has 0 aromatic heterocycles. The molecule has 2 rings (SSSR count). The van der Waals surface area contributed by atoms with Crippen LogP contribution < -0.4 is 14.8 Å². The summed E-state index contributed by atoms with van der Waals surface area (Å²) in [5, 5.41) is 3.18. The number of amides is 1. The minimum atomic E-state index is -0.389. The molecule has 2 aromatic rings. The van der Waals surface area contributed by atoms with Crippen molar-refractivity contribution in [2.45, 2.75) is 6.54 Å². The van der Waals surface area contributed by atoms with E-state index in [1.807, 2.05) is 0 Å². The highest BCUT2D eigenvalue weighted by molar-refractivity contribution is 6.31. The van der Waals surface area contributed by atoms with Gasteiger partial charge in [0.05, 0.1) is 14.2 Å². The summed E-state index contributed by atoms with van der Waals surface area (Å²) in [6.07, 6.45) is 0. The van der Waals surface area contributed by atoms with Gasteiger partial charge in [-0.05, 0) is 35.9 Å². The summed E-state index contributed by atoms with van der Waals surface area (Å²) in [4.78, 5) is 12.0. The Morgan fingerprint density at radius 3 is 2.32 bits per heavy atom. The van der Waals surface area contributed by atoms with E-state index in [1.54, 1.807) is 12.1 Å². The highest BCUT2D eigenvalue weighted by Crippen LogP contribution is 2.32. The van der Waals surface area contributed by atoms with E-state index in [0.29, 0.717) is 27.6 Å². The maximum absolute atomic E-state index is 12.8. The molecule has 1 amide bonds. The van der Waals surface area contributed by atoms with Crippen molar-refractivity contribution in [3.05, 3.63) is 58.4 Å². The normalized spacial score (nSPS) is 10.2. The molecule has 0 aliphatic carbocycles. The van der Waals surface area contributed by atoms with Crippen LogP contribution in [0.15, 0.2) is 36.4 Å². The molecule has 0 radical (unpaired) electrons. The van der Waals surface area contributed by atoms with Crippen molar-refractivity contribution in [3.63, 3.8) is 0 Å². The summed E-state index contributed by atoms with van der Waals surface area (Å²) in [5.41, 5.74) is 1.06. The first-order valence-electron chi connectivity index (χ1n) is 6.49. The number of halogens is 2. The monoisotopic (exact) mass is 323 g/mol. The molecular weight excluding hydrogens is 309 g/mol. The lowest BCUT2D eigenvalue weighted by Crippen LogP contribution is -2.23. The highest BCUT2D eigenvalue weighted by Gasteiger charge is 2.11. The molecule has 6 heteroatoms. The van der Waals surface area contributed by atoms with Crippen LogP contribution in [-0.4, -0.2) is 20.1 Å². The van der Waals surface area contributed by atoms with Crippen molar-refractivity contribution in [1.82, 2.24) is 5.32 Å². The second-order valence-corrected chi connectivity index (χ2v) is 4.90. The average molecular weight is 324 g/mol. The van der Waals surface area contributed by atoms with Gasteiger partial charge in [-0.1, -0.05) is 11.6 Å². The van der Waals surface area contributed by atoms with Gasteiger partial charge < -0.3 is 14.8 Å². The Morgan fingerprint density at radius 1 is 1.14 bits per heavy atom. The van der Waals surface area contributed by atoms with Crippen molar-refractivity contribution >= 4 is 17.5 Å². The zero-order valence-electron chi connectivity index (χ0n) is 12.2. The molecule has 116 valence electrons. The molecule has 22 heavy (non-hydrogen) atoms. The molecule has 0 bridgehead atoms. The van der Waals surface area contributed by atoms with Gasteiger partial charge in [-0.15, -0.1) is 0 Å². The van der Waals surface area contributed by atoms with Gasteiger partial charge in [-0.25, -0.2) is 4.39 Å². The molecular formula is C16H15ClFNO3. The number of methoxy groups -OCH3 is 2. The molecule has 0 aliphatic rings. The predicted octanol–water partition coefficient (Wildman–Crippen LogP) is 3.43. The van der Waals surface area contributed by atoms with E-state index >= 15 is 0 Å². The summed E-state index contributed by atoms with van der Waals surface area (Å²) in [6.45, 7) is 0.218. The van der Waals surface area contributed by atoms with Gasteiger partial charge in [-0.2, -0.15) is 0 Å². The van der Waals surface area contributed by atoms with E-state index in [1.165, 1.54) is 38.5 Å². The number of rotatable bonds is 5. The van der Waals surface area contributed by atoms with Gasteiger partial charge in [-0.3, -0.25) is 4.79 Å². The lowest BCUT2D eigenvalue weighted by Gasteiger charge is -2.12. The van der Waals surface area contributed by atoms with Crippen LogP contribution in [0.2, 0.25) is 5.02 Å². The van der Waals surface area contributed by atoms with E-state index in [2.05, 4.69) is 5.32 Å².